The van der Waals surface area contributed by atoms with Crippen LogP contribution in [0.1, 0.15) is 0 Å². The molecule has 5 rings (SSSR count). The Balaban J connectivity index is 1.75. The molecule has 3 aliphatic rings. The molecule has 4 nitrogen and oxygen atoms in total. The molecule has 0 unspecified atom stereocenters. The zero-order valence-corrected chi connectivity index (χ0v) is 14.1. The summed E-state index contributed by atoms with van der Waals surface area (Å²) in [6, 6.07) is 10.6. The van der Waals surface area contributed by atoms with Crippen LogP contribution in [0, 0.1) is 0 Å². The van der Waals surface area contributed by atoms with Gasteiger partial charge in [-0.2, -0.15) is 0 Å². The fraction of sp³-hybridized carbons (Fsp3) is 0.429. The zero-order chi connectivity index (χ0) is 13.4. The zero-order valence-electron chi connectivity index (χ0n) is 11.2. The Labute approximate surface area is 125 Å². The van der Waals surface area contributed by atoms with Crippen LogP contribution in [0.3, 0.4) is 0 Å². The predicted octanol–water partition coefficient (Wildman–Crippen LogP) is 1.43. The number of hydrogen-bond acceptors (Lipinski definition) is 5. The van der Waals surface area contributed by atoms with Crippen molar-refractivity contribution in [2.24, 2.45) is 0 Å². The summed E-state index contributed by atoms with van der Waals surface area (Å²) < 4.78 is 21.0. The van der Waals surface area contributed by atoms with E-state index in [1.807, 2.05) is 0 Å². The third-order valence-electron chi connectivity index (χ3n) is 3.83. The molecular formula is C14H17GeNO3S. The summed E-state index contributed by atoms with van der Waals surface area (Å²) >= 11 is -1.52. The van der Waals surface area contributed by atoms with Gasteiger partial charge in [0.1, 0.15) is 0 Å². The molecule has 3 aliphatic heterocycles. The first kappa shape index (κ1) is 13.2. The van der Waals surface area contributed by atoms with E-state index in [-0.39, 0.29) is 0 Å². The molecule has 2 bridgehead atoms. The number of benzene rings is 1. The summed E-state index contributed by atoms with van der Waals surface area (Å²) in [4.78, 5) is 2.34. The summed E-state index contributed by atoms with van der Waals surface area (Å²) in [5, 5.41) is 1.26. The van der Waals surface area contributed by atoms with Gasteiger partial charge in [-0.05, 0) is 0 Å². The molecule has 0 atom stereocenters. The monoisotopic (exact) mass is 353 g/mol. The van der Waals surface area contributed by atoms with E-state index < -0.39 is 14.3 Å². The van der Waals surface area contributed by atoms with Gasteiger partial charge in [0.2, 0.25) is 0 Å². The van der Waals surface area contributed by atoms with Crippen molar-refractivity contribution in [3.8, 4) is 0 Å². The van der Waals surface area contributed by atoms with Crippen molar-refractivity contribution >= 4 is 39.4 Å². The molecule has 1 aromatic carbocycles. The minimum atomic E-state index is -3.29. The first-order chi connectivity index (χ1) is 9.86. The van der Waals surface area contributed by atoms with E-state index >= 15 is 0 Å². The molecule has 20 heavy (non-hydrogen) atoms. The van der Waals surface area contributed by atoms with E-state index in [9.17, 15) is 0 Å². The molecule has 0 spiro atoms. The summed E-state index contributed by atoms with van der Waals surface area (Å²) in [6.45, 7) is 5.12. The number of fused-ring (bicyclic) bond motifs is 7. The van der Waals surface area contributed by atoms with Gasteiger partial charge >= 0.3 is 125 Å². The number of thiophene rings is 1. The van der Waals surface area contributed by atoms with E-state index in [1.165, 1.54) is 13.8 Å². The first-order valence-electron chi connectivity index (χ1n) is 6.99. The molecule has 106 valence electrons. The van der Waals surface area contributed by atoms with E-state index in [0.29, 0.717) is 19.8 Å². The van der Waals surface area contributed by atoms with E-state index in [4.69, 9.17) is 11.3 Å². The van der Waals surface area contributed by atoms with Gasteiger partial charge in [-0.3, -0.25) is 0 Å². The van der Waals surface area contributed by atoms with Crippen molar-refractivity contribution < 1.29 is 11.3 Å². The van der Waals surface area contributed by atoms with Gasteiger partial charge < -0.3 is 0 Å². The van der Waals surface area contributed by atoms with Crippen LogP contribution >= 0.6 is 11.3 Å². The fourth-order valence-electron chi connectivity index (χ4n) is 2.73. The van der Waals surface area contributed by atoms with Crippen molar-refractivity contribution in [1.82, 2.24) is 4.90 Å². The van der Waals surface area contributed by atoms with Crippen LogP contribution in [0.4, 0.5) is 0 Å². The standard InChI is InChI=1S/C14H17GeNO3S/c1-2-4-13-12(3-1)11-14(20-13)15-17-8-5-16(6-9-18-15)7-10-19-15/h1-4,11H,5-10H2. The summed E-state index contributed by atoms with van der Waals surface area (Å²) in [6.07, 6.45) is 0. The van der Waals surface area contributed by atoms with Crippen molar-refractivity contribution in [3.05, 3.63) is 30.3 Å². The van der Waals surface area contributed by atoms with Crippen molar-refractivity contribution in [3.63, 3.8) is 0 Å². The second-order valence-corrected chi connectivity index (χ2v) is 12.2. The van der Waals surface area contributed by atoms with E-state index in [1.54, 1.807) is 11.3 Å². The SMILES string of the molecule is c1ccc2s[c]([Ge]34[O]CCN(CC[O]3)CC[O]4)cc2c1. The van der Waals surface area contributed by atoms with Crippen molar-refractivity contribution in [2.45, 2.75) is 0 Å². The molecule has 0 N–H and O–H groups in total. The van der Waals surface area contributed by atoms with Crippen LogP contribution in [-0.4, -0.2) is 58.6 Å². The molecular weight excluding hydrogens is 335 g/mol. The number of hydrogen-bond donors (Lipinski definition) is 0. The molecule has 4 heterocycles. The Kier molecular flexibility index (Phi) is 3.58. The van der Waals surface area contributed by atoms with E-state index in [0.717, 1.165) is 19.6 Å². The van der Waals surface area contributed by atoms with Gasteiger partial charge in [-0.25, -0.2) is 0 Å². The Morgan fingerprint density at radius 1 is 0.950 bits per heavy atom. The maximum atomic E-state index is 6.17. The average Bonchev–Trinajstić information content (AvgIpc) is 2.81. The number of rotatable bonds is 1. The van der Waals surface area contributed by atoms with Gasteiger partial charge in [0.25, 0.3) is 0 Å². The van der Waals surface area contributed by atoms with Crippen LogP contribution in [0.15, 0.2) is 30.3 Å². The van der Waals surface area contributed by atoms with E-state index in [2.05, 4.69) is 35.2 Å². The molecule has 3 fully saturated rings. The van der Waals surface area contributed by atoms with Crippen molar-refractivity contribution in [2.75, 3.05) is 39.5 Å². The third kappa shape index (κ3) is 2.32. The molecule has 3 saturated heterocycles. The molecule has 0 radical (unpaired) electrons. The van der Waals surface area contributed by atoms with Gasteiger partial charge in [-0.15, -0.1) is 0 Å². The normalized spacial score (nSPS) is 30.9. The van der Waals surface area contributed by atoms with Crippen LogP contribution in [0.25, 0.3) is 10.1 Å². The molecule has 1 aromatic heterocycles. The van der Waals surface area contributed by atoms with Crippen LogP contribution in [0.2, 0.25) is 0 Å². The molecule has 2 aromatic rings. The Bertz CT molecular complexity index is 558. The van der Waals surface area contributed by atoms with Gasteiger partial charge in [0.15, 0.2) is 0 Å². The number of nitrogens with zero attached hydrogens (tertiary/aromatic N) is 1. The molecule has 0 aliphatic carbocycles. The van der Waals surface area contributed by atoms with Gasteiger partial charge in [0.05, 0.1) is 0 Å². The fourth-order valence-corrected chi connectivity index (χ4v) is 10.5. The second-order valence-electron chi connectivity index (χ2n) is 5.09. The summed E-state index contributed by atoms with van der Waals surface area (Å²) in [5.74, 6) is 0. The first-order valence-corrected chi connectivity index (χ1v) is 11.4. The maximum absolute atomic E-state index is 6.17. The van der Waals surface area contributed by atoms with Crippen LogP contribution in [-0.2, 0) is 11.3 Å². The van der Waals surface area contributed by atoms with Crippen LogP contribution in [0.5, 0.6) is 0 Å². The average molecular weight is 352 g/mol. The minimum absolute atomic E-state index is 0.717. The molecule has 0 amide bonds. The molecule has 6 heteroatoms. The van der Waals surface area contributed by atoms with Crippen molar-refractivity contribution in [1.29, 1.82) is 0 Å². The Hall–Kier alpha value is -0.437. The third-order valence-corrected chi connectivity index (χ3v) is 11.9. The van der Waals surface area contributed by atoms with Crippen LogP contribution < -0.4 is 3.71 Å². The predicted molar refractivity (Wildman–Crippen MR) is 81.5 cm³/mol. The van der Waals surface area contributed by atoms with Gasteiger partial charge in [-0.1, -0.05) is 0 Å². The Morgan fingerprint density at radius 3 is 2.25 bits per heavy atom. The summed E-state index contributed by atoms with van der Waals surface area (Å²) in [7, 11) is 0. The second kappa shape index (κ2) is 5.40. The van der Waals surface area contributed by atoms with Gasteiger partial charge in [0, 0.05) is 0 Å². The molecule has 0 saturated carbocycles. The summed E-state index contributed by atoms with van der Waals surface area (Å²) in [5.41, 5.74) is 0. The quantitative estimate of drug-likeness (QED) is 0.727. The topological polar surface area (TPSA) is 30.9 Å². The Morgan fingerprint density at radius 2 is 1.60 bits per heavy atom.